The van der Waals surface area contributed by atoms with E-state index in [1.165, 1.54) is 0 Å². The maximum absolute atomic E-state index is 11.9. The van der Waals surface area contributed by atoms with Crippen LogP contribution in [0.3, 0.4) is 0 Å². The fraction of sp³-hybridized carbons (Fsp3) is 0.562. The second-order valence-electron chi connectivity index (χ2n) is 6.14. The number of hydrogen-bond donors (Lipinski definition) is 2. The third kappa shape index (κ3) is 6.06. The molecule has 0 saturated carbocycles. The van der Waals surface area contributed by atoms with Crippen LogP contribution in [-0.4, -0.2) is 28.8 Å². The predicted octanol–water partition coefficient (Wildman–Crippen LogP) is 3.27. The average Bonchev–Trinajstić information content (AvgIpc) is 2.35. The van der Waals surface area contributed by atoms with Crippen molar-refractivity contribution in [2.24, 2.45) is 0 Å². The lowest BCUT2D eigenvalue weighted by molar-refractivity contribution is -0.126. The van der Waals surface area contributed by atoms with E-state index < -0.39 is 11.1 Å². The summed E-state index contributed by atoms with van der Waals surface area (Å²) in [6.45, 7) is 7.47. The number of amides is 1. The molecule has 0 heterocycles. The number of nitrogens with one attached hydrogen (secondary N) is 1. The second kappa shape index (κ2) is 7.27. The topological polar surface area (TPSA) is 58.6 Å². The van der Waals surface area contributed by atoms with Gasteiger partial charge in [0.05, 0.1) is 17.7 Å². The molecule has 1 aromatic carbocycles. The molecule has 0 fully saturated rings. The second-order valence-corrected chi connectivity index (χ2v) is 7.05. The largest absolute Gasteiger partial charge is 0.494 e. The van der Waals surface area contributed by atoms with Gasteiger partial charge in [-0.2, -0.15) is 0 Å². The first-order valence-corrected chi connectivity index (χ1v) is 7.83. The number of aliphatic hydroxyl groups is 1. The van der Waals surface area contributed by atoms with Gasteiger partial charge in [-0.25, -0.2) is 0 Å². The lowest BCUT2D eigenvalue weighted by Crippen LogP contribution is -2.57. The molecule has 21 heavy (non-hydrogen) atoms. The first kappa shape index (κ1) is 18.0. The van der Waals surface area contributed by atoms with Crippen molar-refractivity contribution in [2.75, 3.05) is 6.61 Å². The molecule has 0 aliphatic rings. The number of halogens is 1. The van der Waals surface area contributed by atoms with E-state index in [1.54, 1.807) is 13.8 Å². The van der Waals surface area contributed by atoms with Crippen molar-refractivity contribution < 1.29 is 14.6 Å². The molecule has 2 N–H and O–H groups in total. The van der Waals surface area contributed by atoms with E-state index in [9.17, 15) is 9.90 Å². The molecule has 0 aromatic heterocycles. The highest BCUT2D eigenvalue weighted by atomic mass is 79.9. The van der Waals surface area contributed by atoms with Gasteiger partial charge < -0.3 is 15.2 Å². The SMILES string of the molecule is CC(C)(O)C(C)(C)NC(=O)CCCOc1ccc(Br)cc1. The monoisotopic (exact) mass is 357 g/mol. The fourth-order valence-electron chi connectivity index (χ4n) is 1.52. The normalized spacial score (nSPS) is 12.1. The van der Waals surface area contributed by atoms with Gasteiger partial charge in [-0.15, -0.1) is 0 Å². The van der Waals surface area contributed by atoms with Gasteiger partial charge in [-0.05, 0) is 58.4 Å². The number of rotatable bonds is 7. The highest BCUT2D eigenvalue weighted by Gasteiger charge is 2.35. The molecule has 4 nitrogen and oxygen atoms in total. The van der Waals surface area contributed by atoms with E-state index in [4.69, 9.17) is 4.74 Å². The quantitative estimate of drug-likeness (QED) is 0.736. The van der Waals surface area contributed by atoms with E-state index >= 15 is 0 Å². The Bertz CT molecular complexity index is 463. The summed E-state index contributed by atoms with van der Waals surface area (Å²) in [7, 11) is 0. The van der Waals surface area contributed by atoms with Gasteiger partial charge in [0.2, 0.25) is 5.91 Å². The Labute approximate surface area is 135 Å². The molecule has 0 unspecified atom stereocenters. The van der Waals surface area contributed by atoms with Crippen molar-refractivity contribution >= 4 is 21.8 Å². The third-order valence-corrected chi connectivity index (χ3v) is 4.14. The fourth-order valence-corrected chi connectivity index (χ4v) is 1.78. The smallest absolute Gasteiger partial charge is 0.220 e. The maximum Gasteiger partial charge on any atom is 0.220 e. The molecule has 0 radical (unpaired) electrons. The number of ether oxygens (including phenoxy) is 1. The number of carbonyl (C=O) groups is 1. The van der Waals surface area contributed by atoms with Crippen LogP contribution < -0.4 is 10.1 Å². The molecule has 0 aliphatic carbocycles. The molecular weight excluding hydrogens is 334 g/mol. The van der Waals surface area contributed by atoms with E-state index in [1.807, 2.05) is 38.1 Å². The Balaban J connectivity index is 2.29. The molecule has 0 spiro atoms. The third-order valence-electron chi connectivity index (χ3n) is 3.61. The molecule has 118 valence electrons. The first-order valence-electron chi connectivity index (χ1n) is 7.03. The van der Waals surface area contributed by atoms with E-state index in [-0.39, 0.29) is 5.91 Å². The van der Waals surface area contributed by atoms with E-state index in [2.05, 4.69) is 21.2 Å². The van der Waals surface area contributed by atoms with Crippen molar-refractivity contribution in [2.45, 2.75) is 51.7 Å². The summed E-state index contributed by atoms with van der Waals surface area (Å²) in [5, 5.41) is 12.8. The van der Waals surface area contributed by atoms with Crippen LogP contribution >= 0.6 is 15.9 Å². The van der Waals surface area contributed by atoms with Crippen molar-refractivity contribution in [1.29, 1.82) is 0 Å². The molecule has 0 saturated heterocycles. The zero-order chi connectivity index (χ0) is 16.1. The van der Waals surface area contributed by atoms with Gasteiger partial charge in [0.25, 0.3) is 0 Å². The molecule has 0 bridgehead atoms. The van der Waals surface area contributed by atoms with Gasteiger partial charge in [-0.1, -0.05) is 15.9 Å². The average molecular weight is 358 g/mol. The highest BCUT2D eigenvalue weighted by molar-refractivity contribution is 9.10. The summed E-state index contributed by atoms with van der Waals surface area (Å²) < 4.78 is 6.56. The summed E-state index contributed by atoms with van der Waals surface area (Å²) >= 11 is 3.36. The van der Waals surface area contributed by atoms with Gasteiger partial charge in [-0.3, -0.25) is 4.79 Å². The van der Waals surface area contributed by atoms with Crippen molar-refractivity contribution in [1.82, 2.24) is 5.32 Å². The van der Waals surface area contributed by atoms with Crippen molar-refractivity contribution in [3.8, 4) is 5.75 Å². The summed E-state index contributed by atoms with van der Waals surface area (Å²) in [5.41, 5.74) is -1.65. The first-order chi connectivity index (χ1) is 9.62. The van der Waals surface area contributed by atoms with Crippen LogP contribution in [0.4, 0.5) is 0 Å². The maximum atomic E-state index is 11.9. The van der Waals surface area contributed by atoms with Crippen LogP contribution in [0.1, 0.15) is 40.5 Å². The number of hydrogen-bond acceptors (Lipinski definition) is 3. The zero-order valence-corrected chi connectivity index (χ0v) is 14.7. The van der Waals surface area contributed by atoms with E-state index in [0.29, 0.717) is 19.4 Å². The van der Waals surface area contributed by atoms with E-state index in [0.717, 1.165) is 10.2 Å². The van der Waals surface area contributed by atoms with Crippen molar-refractivity contribution in [3.05, 3.63) is 28.7 Å². The molecule has 1 rings (SSSR count). The summed E-state index contributed by atoms with van der Waals surface area (Å²) in [6.07, 6.45) is 1.000. The summed E-state index contributed by atoms with van der Waals surface area (Å²) in [6, 6.07) is 7.57. The standard InChI is InChI=1S/C16H24BrNO3/c1-15(2,16(3,4)20)18-14(19)6-5-11-21-13-9-7-12(17)8-10-13/h7-10,20H,5-6,11H2,1-4H3,(H,18,19). The molecule has 1 amide bonds. The summed E-state index contributed by atoms with van der Waals surface area (Å²) in [4.78, 5) is 11.9. The van der Waals surface area contributed by atoms with Crippen LogP contribution in [0, 0.1) is 0 Å². The Hall–Kier alpha value is -1.07. The van der Waals surface area contributed by atoms with Gasteiger partial charge in [0.15, 0.2) is 0 Å². The molecular formula is C16H24BrNO3. The number of benzene rings is 1. The Morgan fingerprint density at radius 2 is 1.81 bits per heavy atom. The van der Waals surface area contributed by atoms with Crippen LogP contribution in [0.5, 0.6) is 5.75 Å². The van der Waals surface area contributed by atoms with Crippen LogP contribution in [0.25, 0.3) is 0 Å². The lowest BCUT2D eigenvalue weighted by Gasteiger charge is -2.38. The Kier molecular flexibility index (Phi) is 6.23. The molecule has 1 aromatic rings. The van der Waals surface area contributed by atoms with Gasteiger partial charge in [0, 0.05) is 10.9 Å². The van der Waals surface area contributed by atoms with Crippen LogP contribution in [0.15, 0.2) is 28.7 Å². The molecule has 0 atom stereocenters. The zero-order valence-electron chi connectivity index (χ0n) is 13.1. The summed E-state index contributed by atoms with van der Waals surface area (Å²) in [5.74, 6) is 0.706. The highest BCUT2D eigenvalue weighted by Crippen LogP contribution is 2.20. The molecule has 5 heteroatoms. The van der Waals surface area contributed by atoms with Crippen molar-refractivity contribution in [3.63, 3.8) is 0 Å². The minimum atomic E-state index is -0.976. The Morgan fingerprint density at radius 3 is 2.33 bits per heavy atom. The van der Waals surface area contributed by atoms with Gasteiger partial charge >= 0.3 is 0 Å². The molecule has 0 aliphatic heterocycles. The predicted molar refractivity (Wildman–Crippen MR) is 87.4 cm³/mol. The minimum absolute atomic E-state index is 0.0819. The van der Waals surface area contributed by atoms with Crippen LogP contribution in [-0.2, 0) is 4.79 Å². The Morgan fingerprint density at radius 1 is 1.24 bits per heavy atom. The lowest BCUT2D eigenvalue weighted by atomic mass is 9.86. The number of carbonyl (C=O) groups excluding carboxylic acids is 1. The van der Waals surface area contributed by atoms with Gasteiger partial charge in [0.1, 0.15) is 5.75 Å². The minimum Gasteiger partial charge on any atom is -0.494 e. The van der Waals surface area contributed by atoms with Crippen LogP contribution in [0.2, 0.25) is 0 Å².